The van der Waals surface area contributed by atoms with Crippen molar-refractivity contribution in [2.45, 2.75) is 32.4 Å². The summed E-state index contributed by atoms with van der Waals surface area (Å²) >= 11 is 5.17. The van der Waals surface area contributed by atoms with Crippen molar-refractivity contribution in [2.75, 3.05) is 26.8 Å². The molecule has 1 aromatic rings. The van der Waals surface area contributed by atoms with Gasteiger partial charge in [0.2, 0.25) is 0 Å². The molecule has 0 aliphatic heterocycles. The summed E-state index contributed by atoms with van der Waals surface area (Å²) in [5.41, 5.74) is 0. The number of halogens is 1. The predicted molar refractivity (Wildman–Crippen MR) is 80.1 cm³/mol. The van der Waals surface area contributed by atoms with Crippen molar-refractivity contribution < 1.29 is 9.84 Å². The Morgan fingerprint density at radius 2 is 2.33 bits per heavy atom. The molecule has 1 N–H and O–H groups in total. The van der Waals surface area contributed by atoms with Crippen molar-refractivity contribution in [3.8, 4) is 0 Å². The Labute approximate surface area is 122 Å². The maximum atomic E-state index is 9.83. The molecule has 1 heterocycles. The normalized spacial score (nSPS) is 13.2. The van der Waals surface area contributed by atoms with Gasteiger partial charge in [-0.15, -0.1) is 11.3 Å². The Kier molecular flexibility index (Phi) is 8.10. The van der Waals surface area contributed by atoms with Crippen LogP contribution in [0.3, 0.4) is 0 Å². The van der Waals surface area contributed by atoms with E-state index < -0.39 is 6.10 Å². The fourth-order valence-electron chi connectivity index (χ4n) is 1.65. The maximum Gasteiger partial charge on any atom is 0.0900 e. The lowest BCUT2D eigenvalue weighted by atomic mass is 10.3. The summed E-state index contributed by atoms with van der Waals surface area (Å²) in [7, 11) is 2.02. The van der Waals surface area contributed by atoms with Crippen LogP contribution in [-0.4, -0.2) is 42.9 Å². The zero-order chi connectivity index (χ0) is 13.4. The average molecular weight is 336 g/mol. The van der Waals surface area contributed by atoms with Gasteiger partial charge in [-0.3, -0.25) is 4.90 Å². The SMILES string of the molecule is CCCCOCC(O)CN(C)Cc1cc(Br)cs1. The topological polar surface area (TPSA) is 32.7 Å². The van der Waals surface area contributed by atoms with Crippen LogP contribution in [0.25, 0.3) is 0 Å². The van der Waals surface area contributed by atoms with Crippen molar-refractivity contribution in [3.05, 3.63) is 20.8 Å². The molecule has 0 aliphatic carbocycles. The highest BCUT2D eigenvalue weighted by atomic mass is 79.9. The molecule has 0 saturated carbocycles. The molecule has 0 amide bonds. The number of aliphatic hydroxyl groups is 1. The molecule has 0 spiro atoms. The number of thiophene rings is 1. The maximum absolute atomic E-state index is 9.83. The lowest BCUT2D eigenvalue weighted by molar-refractivity contribution is 0.0189. The number of rotatable bonds is 9. The number of hydrogen-bond acceptors (Lipinski definition) is 4. The van der Waals surface area contributed by atoms with Gasteiger partial charge in [0.1, 0.15) is 0 Å². The molecule has 104 valence electrons. The monoisotopic (exact) mass is 335 g/mol. The van der Waals surface area contributed by atoms with Crippen molar-refractivity contribution >= 4 is 27.3 Å². The minimum atomic E-state index is -0.407. The van der Waals surface area contributed by atoms with E-state index in [0.717, 1.165) is 30.5 Å². The Morgan fingerprint density at radius 3 is 2.94 bits per heavy atom. The number of ether oxygens (including phenoxy) is 1. The van der Waals surface area contributed by atoms with Gasteiger partial charge < -0.3 is 9.84 Å². The van der Waals surface area contributed by atoms with Crippen LogP contribution in [0.4, 0.5) is 0 Å². The van der Waals surface area contributed by atoms with Crippen LogP contribution in [0.1, 0.15) is 24.6 Å². The first-order valence-corrected chi connectivity index (χ1v) is 7.96. The molecular weight excluding hydrogens is 314 g/mol. The molecule has 0 bridgehead atoms. The summed E-state index contributed by atoms with van der Waals surface area (Å²) < 4.78 is 6.53. The summed E-state index contributed by atoms with van der Waals surface area (Å²) in [4.78, 5) is 3.41. The number of unbranched alkanes of at least 4 members (excludes halogenated alkanes) is 1. The standard InChI is InChI=1S/C13H22BrNO2S/c1-3-4-5-17-9-12(16)7-15(2)8-13-6-11(14)10-18-13/h6,10,12,16H,3-5,7-9H2,1-2H3. The lowest BCUT2D eigenvalue weighted by Gasteiger charge is -2.19. The first kappa shape index (κ1) is 16.1. The van der Waals surface area contributed by atoms with Crippen LogP contribution in [-0.2, 0) is 11.3 Å². The molecule has 5 heteroatoms. The van der Waals surface area contributed by atoms with Crippen LogP contribution in [0.5, 0.6) is 0 Å². The molecule has 0 radical (unpaired) electrons. The number of hydrogen-bond donors (Lipinski definition) is 1. The third kappa shape index (κ3) is 6.85. The van der Waals surface area contributed by atoms with Crippen LogP contribution in [0.2, 0.25) is 0 Å². The third-order valence-corrected chi connectivity index (χ3v) is 4.20. The van der Waals surface area contributed by atoms with Crippen LogP contribution in [0.15, 0.2) is 15.9 Å². The van der Waals surface area contributed by atoms with Gasteiger partial charge in [-0.1, -0.05) is 13.3 Å². The van der Waals surface area contributed by atoms with E-state index in [9.17, 15) is 5.11 Å². The van der Waals surface area contributed by atoms with Gasteiger partial charge in [0, 0.05) is 34.4 Å². The molecule has 0 aliphatic rings. The smallest absolute Gasteiger partial charge is 0.0900 e. The van der Waals surface area contributed by atoms with Crippen molar-refractivity contribution in [1.82, 2.24) is 4.90 Å². The van der Waals surface area contributed by atoms with Gasteiger partial charge in [-0.05, 0) is 35.5 Å². The summed E-state index contributed by atoms with van der Waals surface area (Å²) in [5.74, 6) is 0. The molecule has 0 fully saturated rings. The molecular formula is C13H22BrNO2S. The highest BCUT2D eigenvalue weighted by Gasteiger charge is 2.09. The highest BCUT2D eigenvalue weighted by molar-refractivity contribution is 9.10. The Bertz CT molecular complexity index is 333. The number of nitrogens with zero attached hydrogens (tertiary/aromatic N) is 1. The molecule has 1 aromatic heterocycles. The first-order valence-electron chi connectivity index (χ1n) is 6.29. The summed E-state index contributed by atoms with van der Waals surface area (Å²) in [5, 5.41) is 11.9. The van der Waals surface area contributed by atoms with E-state index in [1.807, 2.05) is 7.05 Å². The van der Waals surface area contributed by atoms with Crippen LogP contribution >= 0.6 is 27.3 Å². The highest BCUT2D eigenvalue weighted by Crippen LogP contribution is 2.20. The zero-order valence-electron chi connectivity index (χ0n) is 11.1. The second-order valence-electron chi connectivity index (χ2n) is 4.51. The van der Waals surface area contributed by atoms with Gasteiger partial charge in [0.25, 0.3) is 0 Å². The Morgan fingerprint density at radius 1 is 1.56 bits per heavy atom. The molecule has 1 atom stereocenters. The summed E-state index contributed by atoms with van der Waals surface area (Å²) in [6.07, 6.45) is 1.78. The molecule has 0 saturated heterocycles. The average Bonchev–Trinajstić information content (AvgIpc) is 2.70. The quantitative estimate of drug-likeness (QED) is 0.704. The third-order valence-electron chi connectivity index (χ3n) is 2.52. The molecule has 1 unspecified atom stereocenters. The van der Waals surface area contributed by atoms with E-state index >= 15 is 0 Å². The van der Waals surface area contributed by atoms with Gasteiger partial charge >= 0.3 is 0 Å². The van der Waals surface area contributed by atoms with E-state index in [0.29, 0.717) is 13.2 Å². The van der Waals surface area contributed by atoms with E-state index in [1.165, 1.54) is 4.88 Å². The van der Waals surface area contributed by atoms with Crippen LogP contribution in [0, 0.1) is 0 Å². The fourth-order valence-corrected chi connectivity index (χ4v) is 3.18. The van der Waals surface area contributed by atoms with Gasteiger partial charge in [-0.25, -0.2) is 0 Å². The predicted octanol–water partition coefficient (Wildman–Crippen LogP) is 3.12. The van der Waals surface area contributed by atoms with E-state index in [1.54, 1.807) is 11.3 Å². The number of likely N-dealkylation sites (N-methyl/N-ethyl adjacent to an activating group) is 1. The van der Waals surface area contributed by atoms with E-state index in [4.69, 9.17) is 4.74 Å². The van der Waals surface area contributed by atoms with Gasteiger partial charge in [-0.2, -0.15) is 0 Å². The van der Waals surface area contributed by atoms with Gasteiger partial charge in [0.05, 0.1) is 12.7 Å². The van der Waals surface area contributed by atoms with E-state index in [-0.39, 0.29) is 0 Å². The Balaban J connectivity index is 2.16. The molecule has 0 aromatic carbocycles. The van der Waals surface area contributed by atoms with E-state index in [2.05, 4.69) is 39.2 Å². The zero-order valence-corrected chi connectivity index (χ0v) is 13.5. The minimum absolute atomic E-state index is 0.407. The molecule has 18 heavy (non-hydrogen) atoms. The number of aliphatic hydroxyl groups excluding tert-OH is 1. The van der Waals surface area contributed by atoms with Crippen molar-refractivity contribution in [3.63, 3.8) is 0 Å². The largest absolute Gasteiger partial charge is 0.389 e. The second-order valence-corrected chi connectivity index (χ2v) is 6.42. The molecule has 3 nitrogen and oxygen atoms in total. The first-order chi connectivity index (χ1) is 8.61. The molecule has 1 rings (SSSR count). The summed E-state index contributed by atoms with van der Waals surface area (Å²) in [6.45, 7) is 4.81. The Hall–Kier alpha value is 0.0600. The fraction of sp³-hybridized carbons (Fsp3) is 0.692. The van der Waals surface area contributed by atoms with Crippen LogP contribution < -0.4 is 0 Å². The minimum Gasteiger partial charge on any atom is -0.389 e. The summed E-state index contributed by atoms with van der Waals surface area (Å²) in [6, 6.07) is 2.12. The lowest BCUT2D eigenvalue weighted by Crippen LogP contribution is -2.31. The second kappa shape index (κ2) is 9.04. The van der Waals surface area contributed by atoms with Crippen molar-refractivity contribution in [2.24, 2.45) is 0 Å². The van der Waals surface area contributed by atoms with Gasteiger partial charge in [0.15, 0.2) is 0 Å². The van der Waals surface area contributed by atoms with Crippen molar-refractivity contribution in [1.29, 1.82) is 0 Å².